The third kappa shape index (κ3) is 2.54. The number of aromatic nitrogens is 2. The lowest BCUT2D eigenvalue weighted by molar-refractivity contribution is -0.124. The first-order chi connectivity index (χ1) is 9.65. The first-order valence-corrected chi connectivity index (χ1v) is 7.37. The van der Waals surface area contributed by atoms with E-state index < -0.39 is 0 Å². The minimum Gasteiger partial charge on any atom is -0.368 e. The topological polar surface area (TPSA) is 72.1 Å². The number of carbonyl (C=O) groups is 1. The van der Waals surface area contributed by atoms with Gasteiger partial charge in [0.05, 0.1) is 6.04 Å². The number of nitrogens with zero attached hydrogens (tertiary/aromatic N) is 3. The van der Waals surface area contributed by atoms with Gasteiger partial charge in [-0.2, -0.15) is 0 Å². The quantitative estimate of drug-likeness (QED) is 0.935. The van der Waals surface area contributed by atoms with Gasteiger partial charge >= 0.3 is 0 Å². The van der Waals surface area contributed by atoms with Crippen LogP contribution < -0.4 is 5.73 Å². The molecule has 2 heterocycles. The van der Waals surface area contributed by atoms with Crippen LogP contribution in [0, 0.1) is 0 Å². The maximum Gasteiger partial charge on any atom is 0.235 e. The number of nitrogens with two attached hydrogens (primary N) is 1. The van der Waals surface area contributed by atoms with Crippen LogP contribution in [0.25, 0.3) is 0 Å². The summed E-state index contributed by atoms with van der Waals surface area (Å²) in [5, 5.41) is 4.00. The Morgan fingerprint density at radius 3 is 2.85 bits per heavy atom. The Balaban J connectivity index is 1.89. The lowest BCUT2D eigenvalue weighted by Gasteiger charge is -2.34. The molecule has 0 radical (unpaired) electrons. The van der Waals surface area contributed by atoms with Crippen molar-refractivity contribution in [2.45, 2.75) is 25.6 Å². The van der Waals surface area contributed by atoms with Gasteiger partial charge in [-0.15, -0.1) is 5.10 Å². The molecular weight excluding hydrogens is 296 g/mol. The fraction of sp³-hybridized carbons (Fsp3) is 0.308. The summed E-state index contributed by atoms with van der Waals surface area (Å²) in [6.07, 6.45) is 0.626. The van der Waals surface area contributed by atoms with Crippen molar-refractivity contribution in [3.8, 4) is 0 Å². The number of hydrogen-bond acceptors (Lipinski definition) is 5. The van der Waals surface area contributed by atoms with E-state index in [0.717, 1.165) is 11.5 Å². The molecule has 20 heavy (non-hydrogen) atoms. The van der Waals surface area contributed by atoms with Gasteiger partial charge in [-0.1, -0.05) is 40.4 Å². The van der Waals surface area contributed by atoms with Crippen LogP contribution in [0.15, 0.2) is 24.3 Å². The summed E-state index contributed by atoms with van der Waals surface area (Å²) in [5.41, 5.74) is 8.62. The first-order valence-electron chi connectivity index (χ1n) is 6.22. The molecular formula is C13H13ClN4OS. The van der Waals surface area contributed by atoms with Gasteiger partial charge in [0.1, 0.15) is 10.0 Å². The van der Waals surface area contributed by atoms with Gasteiger partial charge in [0.25, 0.3) is 0 Å². The monoisotopic (exact) mass is 308 g/mol. The Morgan fingerprint density at radius 2 is 2.20 bits per heavy atom. The van der Waals surface area contributed by atoms with Gasteiger partial charge in [-0.3, -0.25) is 9.69 Å². The van der Waals surface area contributed by atoms with E-state index in [1.165, 1.54) is 11.1 Å². The lowest BCUT2D eigenvalue weighted by Crippen LogP contribution is -2.48. The molecule has 0 fully saturated rings. The van der Waals surface area contributed by atoms with Crippen molar-refractivity contribution in [3.63, 3.8) is 0 Å². The standard InChI is InChI=1S/C13H13ClN4OS/c14-12-10(16-17-20-12)7-18-6-9-4-2-1-3-8(9)5-11(18)13(15)19/h1-4,11H,5-7H2,(H2,15,19)/t11-/m1/s1. The maximum atomic E-state index is 11.7. The van der Waals surface area contributed by atoms with Crippen molar-refractivity contribution >= 4 is 29.0 Å². The second kappa shape index (κ2) is 5.47. The summed E-state index contributed by atoms with van der Waals surface area (Å²) in [6.45, 7) is 1.15. The highest BCUT2D eigenvalue weighted by atomic mass is 35.5. The summed E-state index contributed by atoms with van der Waals surface area (Å²) in [6, 6.07) is 7.76. The predicted molar refractivity (Wildman–Crippen MR) is 77.3 cm³/mol. The van der Waals surface area contributed by atoms with Crippen LogP contribution in [0.1, 0.15) is 16.8 Å². The molecule has 0 bridgehead atoms. The van der Waals surface area contributed by atoms with Gasteiger partial charge in [0.15, 0.2) is 0 Å². The molecule has 7 heteroatoms. The average molecular weight is 309 g/mol. The Morgan fingerprint density at radius 1 is 1.45 bits per heavy atom. The molecule has 104 valence electrons. The summed E-state index contributed by atoms with van der Waals surface area (Å²) < 4.78 is 4.38. The zero-order chi connectivity index (χ0) is 14.1. The molecule has 0 saturated heterocycles. The molecule has 1 atom stereocenters. The molecule has 0 spiro atoms. The second-order valence-electron chi connectivity index (χ2n) is 4.79. The van der Waals surface area contributed by atoms with Crippen LogP contribution in [-0.4, -0.2) is 26.4 Å². The minimum absolute atomic E-state index is 0.321. The molecule has 0 saturated carbocycles. The Labute approximate surface area is 125 Å². The smallest absolute Gasteiger partial charge is 0.235 e. The van der Waals surface area contributed by atoms with Gasteiger partial charge in [-0.05, 0) is 17.5 Å². The molecule has 5 nitrogen and oxygen atoms in total. The summed E-state index contributed by atoms with van der Waals surface area (Å²) >= 11 is 7.19. The van der Waals surface area contributed by atoms with Crippen molar-refractivity contribution in [1.82, 2.24) is 14.5 Å². The van der Waals surface area contributed by atoms with Crippen LogP contribution in [0.3, 0.4) is 0 Å². The van der Waals surface area contributed by atoms with E-state index in [2.05, 4.69) is 15.7 Å². The fourth-order valence-electron chi connectivity index (χ4n) is 2.51. The number of fused-ring (bicyclic) bond motifs is 1. The van der Waals surface area contributed by atoms with E-state index in [4.69, 9.17) is 17.3 Å². The van der Waals surface area contributed by atoms with E-state index in [1.807, 2.05) is 23.1 Å². The predicted octanol–water partition coefficient (Wildman–Crippen LogP) is 1.60. The highest BCUT2D eigenvalue weighted by Gasteiger charge is 2.30. The minimum atomic E-state index is -0.331. The molecule has 3 rings (SSSR count). The number of primary amides is 1. The van der Waals surface area contributed by atoms with Crippen molar-refractivity contribution in [2.24, 2.45) is 5.73 Å². The summed E-state index contributed by atoms with van der Waals surface area (Å²) in [4.78, 5) is 13.7. The van der Waals surface area contributed by atoms with Gasteiger partial charge in [-0.25, -0.2) is 0 Å². The van der Waals surface area contributed by atoms with Gasteiger partial charge in [0.2, 0.25) is 5.91 Å². The molecule has 1 amide bonds. The Kier molecular flexibility index (Phi) is 3.69. The molecule has 1 aromatic heterocycles. The van der Waals surface area contributed by atoms with Crippen LogP contribution >= 0.6 is 23.1 Å². The lowest BCUT2D eigenvalue weighted by atomic mass is 9.93. The number of halogens is 1. The van der Waals surface area contributed by atoms with E-state index in [-0.39, 0.29) is 11.9 Å². The molecule has 1 aliphatic rings. The van der Waals surface area contributed by atoms with E-state index >= 15 is 0 Å². The summed E-state index contributed by atoms with van der Waals surface area (Å²) in [7, 11) is 0. The summed E-state index contributed by atoms with van der Waals surface area (Å²) in [5.74, 6) is -0.321. The second-order valence-corrected chi connectivity index (χ2v) is 6.15. The normalized spacial score (nSPS) is 18.8. The van der Waals surface area contributed by atoms with E-state index in [0.29, 0.717) is 29.5 Å². The third-order valence-corrected chi connectivity index (χ3v) is 4.52. The fourth-order valence-corrected chi connectivity index (χ4v) is 3.12. The molecule has 0 aliphatic carbocycles. The number of carbonyl (C=O) groups excluding carboxylic acids is 1. The largest absolute Gasteiger partial charge is 0.368 e. The van der Waals surface area contributed by atoms with Gasteiger partial charge in [0, 0.05) is 24.6 Å². The number of hydrogen-bond donors (Lipinski definition) is 1. The highest BCUT2D eigenvalue weighted by molar-refractivity contribution is 7.10. The molecule has 2 aromatic rings. The molecule has 1 aromatic carbocycles. The van der Waals surface area contributed by atoms with Crippen LogP contribution in [0.5, 0.6) is 0 Å². The number of rotatable bonds is 3. The molecule has 2 N–H and O–H groups in total. The van der Waals surface area contributed by atoms with Crippen LogP contribution in [-0.2, 0) is 24.3 Å². The van der Waals surface area contributed by atoms with Crippen molar-refractivity contribution in [3.05, 3.63) is 45.4 Å². The van der Waals surface area contributed by atoms with Crippen LogP contribution in [0.4, 0.5) is 0 Å². The SMILES string of the molecule is NC(=O)[C@H]1Cc2ccccc2CN1Cc1nnsc1Cl. The average Bonchev–Trinajstić information content (AvgIpc) is 2.83. The first kappa shape index (κ1) is 13.5. The van der Waals surface area contributed by atoms with E-state index in [9.17, 15) is 4.79 Å². The Bertz CT molecular complexity index is 645. The molecule has 1 aliphatic heterocycles. The van der Waals surface area contributed by atoms with E-state index in [1.54, 1.807) is 0 Å². The number of benzene rings is 1. The van der Waals surface area contributed by atoms with Crippen molar-refractivity contribution in [1.29, 1.82) is 0 Å². The zero-order valence-corrected chi connectivity index (χ0v) is 12.2. The number of amides is 1. The van der Waals surface area contributed by atoms with Crippen LogP contribution in [0.2, 0.25) is 4.34 Å². The van der Waals surface area contributed by atoms with Crippen molar-refractivity contribution in [2.75, 3.05) is 0 Å². The maximum absolute atomic E-state index is 11.7. The Hall–Kier alpha value is -1.50. The molecule has 0 unspecified atom stereocenters. The zero-order valence-electron chi connectivity index (χ0n) is 10.6. The highest BCUT2D eigenvalue weighted by Crippen LogP contribution is 2.27. The third-order valence-electron chi connectivity index (χ3n) is 3.54. The van der Waals surface area contributed by atoms with Crippen molar-refractivity contribution < 1.29 is 4.79 Å². The van der Waals surface area contributed by atoms with Gasteiger partial charge < -0.3 is 5.73 Å².